The highest BCUT2D eigenvalue weighted by molar-refractivity contribution is 7.99. The van der Waals surface area contributed by atoms with Crippen molar-refractivity contribution >= 4 is 35.0 Å². The highest BCUT2D eigenvalue weighted by Crippen LogP contribution is 2.26. The van der Waals surface area contributed by atoms with Gasteiger partial charge in [-0.1, -0.05) is 11.6 Å². The SMILES string of the molecule is CC1CSCCN1C(=O)c1ccc([N+](=O)[O-])cc1Cl. The van der Waals surface area contributed by atoms with E-state index >= 15 is 0 Å². The van der Waals surface area contributed by atoms with Gasteiger partial charge in [-0.15, -0.1) is 0 Å². The second-order valence-corrected chi connectivity index (χ2v) is 5.90. The Morgan fingerprint density at radius 3 is 2.89 bits per heavy atom. The van der Waals surface area contributed by atoms with Gasteiger partial charge in [-0.2, -0.15) is 11.8 Å². The molecule has 1 fully saturated rings. The fraction of sp³-hybridized carbons (Fsp3) is 0.417. The fourth-order valence-electron chi connectivity index (χ4n) is 1.97. The van der Waals surface area contributed by atoms with Crippen molar-refractivity contribution in [3.63, 3.8) is 0 Å². The number of amides is 1. The summed E-state index contributed by atoms with van der Waals surface area (Å²) in [6, 6.07) is 4.11. The zero-order valence-corrected chi connectivity index (χ0v) is 11.9. The average Bonchev–Trinajstić information content (AvgIpc) is 2.38. The number of hydrogen-bond donors (Lipinski definition) is 0. The predicted molar refractivity (Wildman–Crippen MR) is 75.9 cm³/mol. The quantitative estimate of drug-likeness (QED) is 0.622. The van der Waals surface area contributed by atoms with E-state index in [-0.39, 0.29) is 22.7 Å². The Balaban J connectivity index is 2.26. The van der Waals surface area contributed by atoms with Crippen molar-refractivity contribution < 1.29 is 9.72 Å². The molecule has 0 N–H and O–H groups in total. The van der Waals surface area contributed by atoms with Crippen LogP contribution >= 0.6 is 23.4 Å². The lowest BCUT2D eigenvalue weighted by Crippen LogP contribution is -2.44. The number of nitro benzene ring substituents is 1. The normalized spacial score (nSPS) is 19.3. The Labute approximate surface area is 120 Å². The van der Waals surface area contributed by atoms with Gasteiger partial charge in [-0.25, -0.2) is 0 Å². The molecule has 5 nitrogen and oxygen atoms in total. The monoisotopic (exact) mass is 300 g/mol. The van der Waals surface area contributed by atoms with Crippen LogP contribution in [0.3, 0.4) is 0 Å². The summed E-state index contributed by atoms with van der Waals surface area (Å²) >= 11 is 7.79. The first-order valence-corrected chi connectivity index (χ1v) is 7.36. The van der Waals surface area contributed by atoms with Crippen molar-refractivity contribution in [1.82, 2.24) is 4.90 Å². The summed E-state index contributed by atoms with van der Waals surface area (Å²) < 4.78 is 0. The lowest BCUT2D eigenvalue weighted by Gasteiger charge is -2.33. The molecule has 1 aliphatic heterocycles. The van der Waals surface area contributed by atoms with E-state index in [0.29, 0.717) is 12.1 Å². The van der Waals surface area contributed by atoms with Gasteiger partial charge in [0.1, 0.15) is 0 Å². The third-order valence-electron chi connectivity index (χ3n) is 3.02. The van der Waals surface area contributed by atoms with Gasteiger partial charge < -0.3 is 4.90 Å². The van der Waals surface area contributed by atoms with E-state index in [0.717, 1.165) is 11.5 Å². The van der Waals surface area contributed by atoms with E-state index in [9.17, 15) is 14.9 Å². The topological polar surface area (TPSA) is 63.5 Å². The number of thioether (sulfide) groups is 1. The fourth-order valence-corrected chi connectivity index (χ4v) is 3.24. The number of carbonyl (C=O) groups excluding carboxylic acids is 1. The third kappa shape index (κ3) is 3.01. The van der Waals surface area contributed by atoms with Gasteiger partial charge in [-0.05, 0) is 13.0 Å². The smallest absolute Gasteiger partial charge is 0.270 e. The molecule has 0 aromatic heterocycles. The predicted octanol–water partition coefficient (Wildman–Crippen LogP) is 2.83. The molecule has 2 rings (SSSR count). The van der Waals surface area contributed by atoms with Gasteiger partial charge in [0, 0.05) is 36.2 Å². The van der Waals surface area contributed by atoms with Gasteiger partial charge in [0.25, 0.3) is 11.6 Å². The zero-order chi connectivity index (χ0) is 14.0. The minimum absolute atomic E-state index is 0.108. The molecule has 1 atom stereocenters. The van der Waals surface area contributed by atoms with Crippen LogP contribution in [0.4, 0.5) is 5.69 Å². The highest BCUT2D eigenvalue weighted by atomic mass is 35.5. The van der Waals surface area contributed by atoms with Gasteiger partial charge in [0.05, 0.1) is 15.5 Å². The standard InChI is InChI=1S/C12H13ClN2O3S/c1-8-7-19-5-4-14(8)12(16)10-3-2-9(15(17)18)6-11(10)13/h2-3,6,8H,4-5,7H2,1H3. The van der Waals surface area contributed by atoms with E-state index in [2.05, 4.69) is 0 Å². The molecular formula is C12H13ClN2O3S. The van der Waals surface area contributed by atoms with E-state index < -0.39 is 4.92 Å². The van der Waals surface area contributed by atoms with Crippen LogP contribution in [-0.2, 0) is 0 Å². The van der Waals surface area contributed by atoms with Crippen molar-refractivity contribution in [3.05, 3.63) is 38.9 Å². The number of nitrogens with zero attached hydrogens (tertiary/aromatic N) is 2. The van der Waals surface area contributed by atoms with Crippen LogP contribution in [0.25, 0.3) is 0 Å². The number of carbonyl (C=O) groups is 1. The summed E-state index contributed by atoms with van der Waals surface area (Å²) in [5, 5.41) is 10.8. The average molecular weight is 301 g/mol. The van der Waals surface area contributed by atoms with Gasteiger partial charge in [0.15, 0.2) is 0 Å². The Morgan fingerprint density at radius 2 is 2.32 bits per heavy atom. The molecule has 0 aliphatic carbocycles. The van der Waals surface area contributed by atoms with Crippen LogP contribution < -0.4 is 0 Å². The maximum absolute atomic E-state index is 12.4. The largest absolute Gasteiger partial charge is 0.334 e. The zero-order valence-electron chi connectivity index (χ0n) is 10.3. The lowest BCUT2D eigenvalue weighted by molar-refractivity contribution is -0.384. The first-order valence-electron chi connectivity index (χ1n) is 5.83. The van der Waals surface area contributed by atoms with Crippen molar-refractivity contribution in [2.75, 3.05) is 18.1 Å². The van der Waals surface area contributed by atoms with Crippen LogP contribution in [0.5, 0.6) is 0 Å². The molecule has 1 saturated heterocycles. The summed E-state index contributed by atoms with van der Waals surface area (Å²) in [5.41, 5.74) is 0.217. The van der Waals surface area contributed by atoms with E-state index in [1.165, 1.54) is 18.2 Å². The van der Waals surface area contributed by atoms with Crippen molar-refractivity contribution in [3.8, 4) is 0 Å². The molecule has 1 aliphatic rings. The Kier molecular flexibility index (Phi) is 4.31. The number of hydrogen-bond acceptors (Lipinski definition) is 4. The number of halogens is 1. The molecule has 1 amide bonds. The Hall–Kier alpha value is -1.27. The van der Waals surface area contributed by atoms with Crippen molar-refractivity contribution in [2.24, 2.45) is 0 Å². The summed E-state index contributed by atoms with van der Waals surface area (Å²) in [6.07, 6.45) is 0. The molecule has 1 unspecified atom stereocenters. The van der Waals surface area contributed by atoms with Crippen LogP contribution in [0, 0.1) is 10.1 Å². The van der Waals surface area contributed by atoms with Crippen molar-refractivity contribution in [1.29, 1.82) is 0 Å². The molecule has 0 bridgehead atoms. The highest BCUT2D eigenvalue weighted by Gasteiger charge is 2.26. The van der Waals surface area contributed by atoms with Gasteiger partial charge in [-0.3, -0.25) is 14.9 Å². The number of rotatable bonds is 2. The molecular weight excluding hydrogens is 288 g/mol. The number of non-ortho nitro benzene ring substituents is 1. The minimum atomic E-state index is -0.527. The molecule has 0 saturated carbocycles. The molecule has 1 aromatic rings. The van der Waals surface area contributed by atoms with Gasteiger partial charge >= 0.3 is 0 Å². The van der Waals surface area contributed by atoms with Crippen molar-refractivity contribution in [2.45, 2.75) is 13.0 Å². The minimum Gasteiger partial charge on any atom is -0.334 e. The lowest BCUT2D eigenvalue weighted by atomic mass is 10.1. The van der Waals surface area contributed by atoms with Gasteiger partial charge in [0.2, 0.25) is 0 Å². The Morgan fingerprint density at radius 1 is 1.58 bits per heavy atom. The number of benzene rings is 1. The van der Waals surface area contributed by atoms with E-state index in [1.54, 1.807) is 4.90 Å². The maximum Gasteiger partial charge on any atom is 0.270 e. The van der Waals surface area contributed by atoms with Crippen LogP contribution in [0.1, 0.15) is 17.3 Å². The number of nitro groups is 1. The Bertz CT molecular complexity index is 524. The van der Waals surface area contributed by atoms with E-state index in [4.69, 9.17) is 11.6 Å². The summed E-state index contributed by atoms with van der Waals surface area (Å²) in [5.74, 6) is 1.64. The molecule has 102 valence electrons. The second kappa shape index (κ2) is 5.79. The van der Waals surface area contributed by atoms with Crippen LogP contribution in [0.15, 0.2) is 18.2 Å². The van der Waals surface area contributed by atoms with Crippen LogP contribution in [-0.4, -0.2) is 39.8 Å². The third-order valence-corrected chi connectivity index (χ3v) is 4.52. The first kappa shape index (κ1) is 14.1. The summed E-state index contributed by atoms with van der Waals surface area (Å²) in [7, 11) is 0. The molecule has 0 spiro atoms. The molecule has 1 aromatic carbocycles. The molecule has 0 radical (unpaired) electrons. The van der Waals surface area contributed by atoms with Crippen LogP contribution in [0.2, 0.25) is 5.02 Å². The second-order valence-electron chi connectivity index (χ2n) is 4.34. The summed E-state index contributed by atoms with van der Waals surface area (Å²) in [4.78, 5) is 24.3. The molecule has 19 heavy (non-hydrogen) atoms. The summed E-state index contributed by atoms with van der Waals surface area (Å²) in [6.45, 7) is 2.67. The molecule has 1 heterocycles. The first-order chi connectivity index (χ1) is 9.00. The molecule has 7 heteroatoms. The van der Waals surface area contributed by atoms with E-state index in [1.807, 2.05) is 18.7 Å². The maximum atomic E-state index is 12.4.